The molecule has 1 fully saturated rings. The molecule has 2 N–H and O–H groups in total. The van der Waals surface area contributed by atoms with E-state index in [4.69, 9.17) is 0 Å². The number of nitrogens with one attached hydrogen (secondary N) is 2. The summed E-state index contributed by atoms with van der Waals surface area (Å²) < 4.78 is 22.7. The van der Waals surface area contributed by atoms with E-state index in [1.54, 1.807) is 0 Å². The van der Waals surface area contributed by atoms with Crippen molar-refractivity contribution in [2.75, 3.05) is 18.1 Å². The monoisotopic (exact) mass is 290 g/mol. The second-order valence-electron chi connectivity index (χ2n) is 5.60. The van der Waals surface area contributed by atoms with Crippen LogP contribution in [0.4, 0.5) is 0 Å². The van der Waals surface area contributed by atoms with Crippen LogP contribution in [0.2, 0.25) is 0 Å². The molecule has 3 unspecified atom stereocenters. The smallest absolute Gasteiger partial charge is 0.237 e. The van der Waals surface area contributed by atoms with Crippen molar-refractivity contribution in [3.63, 3.8) is 0 Å². The minimum atomic E-state index is -2.83. The van der Waals surface area contributed by atoms with Gasteiger partial charge < -0.3 is 10.6 Å². The van der Waals surface area contributed by atoms with Gasteiger partial charge in [0.25, 0.3) is 0 Å². The molecule has 6 heteroatoms. The van der Waals surface area contributed by atoms with Crippen molar-refractivity contribution in [3.8, 4) is 0 Å². The SMILES string of the molecule is CCCC(C)NC(=O)C(C)NCC1CCS(=O)(=O)C1. The van der Waals surface area contributed by atoms with Gasteiger partial charge in [-0.15, -0.1) is 0 Å². The molecule has 0 aromatic heterocycles. The minimum Gasteiger partial charge on any atom is -0.352 e. The molecule has 3 atom stereocenters. The van der Waals surface area contributed by atoms with Crippen molar-refractivity contribution in [2.24, 2.45) is 5.92 Å². The molecule has 0 aliphatic carbocycles. The van der Waals surface area contributed by atoms with Gasteiger partial charge in [-0.05, 0) is 39.2 Å². The lowest BCUT2D eigenvalue weighted by molar-refractivity contribution is -0.123. The molecule has 1 rings (SSSR count). The van der Waals surface area contributed by atoms with Crippen LogP contribution in [0.25, 0.3) is 0 Å². The molecule has 19 heavy (non-hydrogen) atoms. The van der Waals surface area contributed by atoms with E-state index in [1.807, 2.05) is 13.8 Å². The van der Waals surface area contributed by atoms with Crippen molar-refractivity contribution in [2.45, 2.75) is 52.1 Å². The van der Waals surface area contributed by atoms with E-state index in [0.29, 0.717) is 13.0 Å². The number of carbonyl (C=O) groups excluding carboxylic acids is 1. The molecule has 0 aromatic carbocycles. The highest BCUT2D eigenvalue weighted by Crippen LogP contribution is 2.17. The maximum Gasteiger partial charge on any atom is 0.237 e. The third-order valence-electron chi connectivity index (χ3n) is 3.54. The second-order valence-corrected chi connectivity index (χ2v) is 7.83. The van der Waals surface area contributed by atoms with Crippen molar-refractivity contribution >= 4 is 15.7 Å². The Bertz CT molecular complexity index is 395. The Morgan fingerprint density at radius 2 is 2.05 bits per heavy atom. The molecular weight excluding hydrogens is 264 g/mol. The van der Waals surface area contributed by atoms with E-state index in [-0.39, 0.29) is 35.4 Å². The third kappa shape index (κ3) is 5.91. The van der Waals surface area contributed by atoms with Crippen LogP contribution >= 0.6 is 0 Å². The largest absolute Gasteiger partial charge is 0.352 e. The first-order chi connectivity index (χ1) is 8.84. The van der Waals surface area contributed by atoms with Gasteiger partial charge in [0.1, 0.15) is 0 Å². The molecule has 0 saturated carbocycles. The quantitative estimate of drug-likeness (QED) is 0.724. The first-order valence-corrected chi connectivity index (χ1v) is 8.90. The number of rotatable bonds is 7. The van der Waals surface area contributed by atoms with E-state index < -0.39 is 9.84 Å². The van der Waals surface area contributed by atoms with Crippen molar-refractivity contribution in [3.05, 3.63) is 0 Å². The fraction of sp³-hybridized carbons (Fsp3) is 0.923. The topological polar surface area (TPSA) is 75.3 Å². The highest BCUT2D eigenvalue weighted by Gasteiger charge is 2.28. The Morgan fingerprint density at radius 1 is 1.37 bits per heavy atom. The molecular formula is C13H26N2O3S. The van der Waals surface area contributed by atoms with E-state index in [9.17, 15) is 13.2 Å². The van der Waals surface area contributed by atoms with E-state index >= 15 is 0 Å². The number of sulfone groups is 1. The zero-order chi connectivity index (χ0) is 14.5. The maximum absolute atomic E-state index is 11.9. The van der Waals surface area contributed by atoms with Crippen LogP contribution < -0.4 is 10.6 Å². The molecule has 0 aromatic rings. The van der Waals surface area contributed by atoms with Gasteiger partial charge in [-0.2, -0.15) is 0 Å². The molecule has 0 bridgehead atoms. The molecule has 1 aliphatic rings. The maximum atomic E-state index is 11.9. The van der Waals surface area contributed by atoms with Crippen molar-refractivity contribution in [1.82, 2.24) is 10.6 Å². The van der Waals surface area contributed by atoms with Crippen LogP contribution in [0.3, 0.4) is 0 Å². The zero-order valence-electron chi connectivity index (χ0n) is 12.1. The van der Waals surface area contributed by atoms with Gasteiger partial charge in [-0.1, -0.05) is 13.3 Å². The lowest BCUT2D eigenvalue weighted by atomic mass is 10.1. The lowest BCUT2D eigenvalue weighted by Crippen LogP contribution is -2.46. The summed E-state index contributed by atoms with van der Waals surface area (Å²) in [5, 5.41) is 6.09. The number of hydrogen-bond donors (Lipinski definition) is 2. The van der Waals surface area contributed by atoms with Crippen LogP contribution in [0.15, 0.2) is 0 Å². The fourth-order valence-corrected chi connectivity index (χ4v) is 4.20. The minimum absolute atomic E-state index is 0.0122. The van der Waals surface area contributed by atoms with E-state index in [0.717, 1.165) is 12.8 Å². The van der Waals surface area contributed by atoms with Gasteiger partial charge in [0.05, 0.1) is 17.5 Å². The fourth-order valence-electron chi connectivity index (χ4n) is 2.34. The normalized spacial score (nSPS) is 24.9. The van der Waals surface area contributed by atoms with E-state index in [2.05, 4.69) is 17.6 Å². The summed E-state index contributed by atoms with van der Waals surface area (Å²) in [7, 11) is -2.83. The highest BCUT2D eigenvalue weighted by molar-refractivity contribution is 7.91. The molecule has 1 saturated heterocycles. The van der Waals surface area contributed by atoms with Crippen molar-refractivity contribution < 1.29 is 13.2 Å². The van der Waals surface area contributed by atoms with Gasteiger partial charge in [0, 0.05) is 6.04 Å². The summed E-state index contributed by atoms with van der Waals surface area (Å²) in [6.07, 6.45) is 2.72. The summed E-state index contributed by atoms with van der Waals surface area (Å²) in [5.41, 5.74) is 0. The molecule has 1 aliphatic heterocycles. The summed E-state index contributed by atoms with van der Waals surface area (Å²) in [5.74, 6) is 0.670. The Kier molecular flexibility index (Phi) is 6.26. The summed E-state index contributed by atoms with van der Waals surface area (Å²) >= 11 is 0. The predicted octanol–water partition coefficient (Wildman–Crippen LogP) is 0.704. The number of carbonyl (C=O) groups is 1. The van der Waals surface area contributed by atoms with Gasteiger partial charge in [-0.3, -0.25) is 4.79 Å². The van der Waals surface area contributed by atoms with E-state index in [1.165, 1.54) is 0 Å². The molecule has 1 amide bonds. The van der Waals surface area contributed by atoms with Crippen LogP contribution in [0.5, 0.6) is 0 Å². The highest BCUT2D eigenvalue weighted by atomic mass is 32.2. The van der Waals surface area contributed by atoms with Gasteiger partial charge in [0.15, 0.2) is 9.84 Å². The molecule has 5 nitrogen and oxygen atoms in total. The van der Waals surface area contributed by atoms with Crippen LogP contribution in [0.1, 0.15) is 40.0 Å². The Morgan fingerprint density at radius 3 is 2.58 bits per heavy atom. The van der Waals surface area contributed by atoms with Crippen molar-refractivity contribution in [1.29, 1.82) is 0 Å². The van der Waals surface area contributed by atoms with Gasteiger partial charge in [-0.25, -0.2) is 8.42 Å². The molecule has 1 heterocycles. The average Bonchev–Trinajstić information content (AvgIpc) is 2.66. The summed E-state index contributed by atoms with van der Waals surface area (Å²) in [6, 6.07) is -0.0868. The number of amides is 1. The first kappa shape index (κ1) is 16.4. The first-order valence-electron chi connectivity index (χ1n) is 7.08. The Hall–Kier alpha value is -0.620. The van der Waals surface area contributed by atoms with Gasteiger partial charge >= 0.3 is 0 Å². The second kappa shape index (κ2) is 7.24. The number of hydrogen-bond acceptors (Lipinski definition) is 4. The summed E-state index contributed by atoms with van der Waals surface area (Å²) in [4.78, 5) is 11.9. The standard InChI is InChI=1S/C13H26N2O3S/c1-4-5-10(2)15-13(16)11(3)14-8-12-6-7-19(17,18)9-12/h10-12,14H,4-9H2,1-3H3,(H,15,16). The third-order valence-corrected chi connectivity index (χ3v) is 5.38. The predicted molar refractivity (Wildman–Crippen MR) is 76.7 cm³/mol. The van der Waals surface area contributed by atoms with Crippen LogP contribution in [0, 0.1) is 5.92 Å². The molecule has 0 radical (unpaired) electrons. The van der Waals surface area contributed by atoms with Crippen LogP contribution in [-0.2, 0) is 14.6 Å². The van der Waals surface area contributed by atoms with Crippen LogP contribution in [-0.4, -0.2) is 44.5 Å². The Balaban J connectivity index is 2.27. The molecule has 0 spiro atoms. The zero-order valence-corrected chi connectivity index (χ0v) is 12.9. The Labute approximate surface area is 116 Å². The summed E-state index contributed by atoms with van der Waals surface area (Å²) in [6.45, 7) is 6.50. The van der Waals surface area contributed by atoms with Gasteiger partial charge in [0.2, 0.25) is 5.91 Å². The average molecular weight is 290 g/mol. The molecule has 112 valence electrons. The lowest BCUT2D eigenvalue weighted by Gasteiger charge is -2.19.